The summed E-state index contributed by atoms with van der Waals surface area (Å²) in [5.74, 6) is -0.790. The van der Waals surface area contributed by atoms with Crippen LogP contribution >= 0.6 is 0 Å². The van der Waals surface area contributed by atoms with E-state index in [1.54, 1.807) is 36.4 Å². The van der Waals surface area contributed by atoms with Gasteiger partial charge in [0.15, 0.2) is 0 Å². The first-order chi connectivity index (χ1) is 22.9. The maximum Gasteiger partial charge on any atom is 0.266 e. The van der Waals surface area contributed by atoms with E-state index >= 15 is 0 Å². The number of amides is 4. The molecule has 0 radical (unpaired) electrons. The minimum atomic E-state index is -0.432. The molecular weight excluding hydrogens is 600 g/mol. The molecule has 1 atom stereocenters. The van der Waals surface area contributed by atoms with Crippen LogP contribution in [0.1, 0.15) is 119 Å². The quantitative estimate of drug-likeness (QED) is 0.178. The number of hydrogen-bond acceptors (Lipinski definition) is 5. The molecule has 4 amide bonds. The van der Waals surface area contributed by atoms with Crippen LogP contribution in [0.4, 0.5) is 5.69 Å². The highest BCUT2D eigenvalue weighted by atomic mass is 16.5. The van der Waals surface area contributed by atoms with Gasteiger partial charge in [0.1, 0.15) is 11.5 Å². The zero-order chi connectivity index (χ0) is 35.1. The maximum atomic E-state index is 13.6. The molecule has 0 bridgehead atoms. The summed E-state index contributed by atoms with van der Waals surface area (Å²) in [5, 5.41) is 0. The Morgan fingerprint density at radius 3 is 1.65 bits per heavy atom. The van der Waals surface area contributed by atoms with E-state index in [0.717, 1.165) is 23.1 Å². The lowest BCUT2D eigenvalue weighted by atomic mass is 9.80. The van der Waals surface area contributed by atoms with Crippen LogP contribution in [0.15, 0.2) is 72.8 Å². The van der Waals surface area contributed by atoms with Gasteiger partial charge in [-0.25, -0.2) is 4.90 Å². The van der Waals surface area contributed by atoms with E-state index in [2.05, 4.69) is 45.9 Å². The van der Waals surface area contributed by atoms with Crippen molar-refractivity contribution in [2.75, 3.05) is 4.90 Å². The van der Waals surface area contributed by atoms with Crippen molar-refractivity contribution in [3.05, 3.63) is 112 Å². The van der Waals surface area contributed by atoms with E-state index in [1.165, 1.54) is 20.9 Å². The summed E-state index contributed by atoms with van der Waals surface area (Å²) in [6.07, 6.45) is 1.70. The average Bonchev–Trinajstić information content (AvgIpc) is 3.48. The van der Waals surface area contributed by atoms with Crippen molar-refractivity contribution >= 4 is 29.3 Å². The van der Waals surface area contributed by atoms with E-state index in [1.807, 2.05) is 52.8 Å². The molecule has 2 heterocycles. The fraction of sp³-hybridized carbons (Fsp3) is 0.317. The lowest BCUT2D eigenvalue weighted by Gasteiger charge is -2.25. The summed E-state index contributed by atoms with van der Waals surface area (Å²) in [4.78, 5) is 55.3. The smallest absolute Gasteiger partial charge is 0.266 e. The number of aryl methyl sites for hydroxylation is 2. The standard InChI is InChI=1S/C39H38N2O5.C2H6/c1-8-24(5)40-35(42)31-16-12-27(20-33(31)37(40)44)46-28-13-17-32-34(21-28)38(45)41(36(32)43)26-11-15-30(23(4)19-26)29-14-10-25(18-22(29)3)39(6,7)9-2;1-2/h10-21,24H,8-9H2,1-7H3;1-2H3. The van der Waals surface area contributed by atoms with Crippen molar-refractivity contribution in [1.29, 1.82) is 0 Å². The number of imide groups is 2. The molecule has 0 saturated carbocycles. The van der Waals surface area contributed by atoms with Gasteiger partial charge in [-0.2, -0.15) is 0 Å². The Morgan fingerprint density at radius 2 is 1.10 bits per heavy atom. The van der Waals surface area contributed by atoms with Gasteiger partial charge < -0.3 is 4.74 Å². The minimum Gasteiger partial charge on any atom is -0.457 e. The van der Waals surface area contributed by atoms with Crippen molar-refractivity contribution < 1.29 is 23.9 Å². The van der Waals surface area contributed by atoms with Crippen LogP contribution in [-0.2, 0) is 5.41 Å². The lowest BCUT2D eigenvalue weighted by Crippen LogP contribution is -2.37. The predicted molar refractivity (Wildman–Crippen MR) is 190 cm³/mol. The number of anilines is 1. The summed E-state index contributed by atoms with van der Waals surface area (Å²) < 4.78 is 6.03. The van der Waals surface area contributed by atoms with Gasteiger partial charge in [-0.15, -0.1) is 0 Å². The fourth-order valence-electron chi connectivity index (χ4n) is 6.22. The Labute approximate surface area is 283 Å². The number of carbonyl (C=O) groups is 4. The average molecular weight is 645 g/mol. The molecule has 248 valence electrons. The van der Waals surface area contributed by atoms with E-state index in [4.69, 9.17) is 4.74 Å². The Morgan fingerprint density at radius 1 is 0.625 bits per heavy atom. The monoisotopic (exact) mass is 644 g/mol. The summed E-state index contributed by atoms with van der Waals surface area (Å²) in [6, 6.07) is 21.6. The molecule has 0 aliphatic carbocycles. The molecule has 0 spiro atoms. The van der Waals surface area contributed by atoms with Crippen LogP contribution < -0.4 is 9.64 Å². The highest BCUT2D eigenvalue weighted by Gasteiger charge is 2.39. The van der Waals surface area contributed by atoms with Crippen LogP contribution in [0.2, 0.25) is 0 Å². The van der Waals surface area contributed by atoms with E-state index < -0.39 is 11.8 Å². The van der Waals surface area contributed by atoms with Crippen LogP contribution in [0, 0.1) is 13.8 Å². The zero-order valence-corrected chi connectivity index (χ0v) is 29.4. The second-order valence-electron chi connectivity index (χ2n) is 13.0. The van der Waals surface area contributed by atoms with Crippen LogP contribution in [0.3, 0.4) is 0 Å². The number of rotatable bonds is 8. The number of ether oxygens (including phenoxy) is 1. The number of hydrogen-bond donors (Lipinski definition) is 0. The number of benzene rings is 4. The molecule has 7 nitrogen and oxygen atoms in total. The van der Waals surface area contributed by atoms with Gasteiger partial charge in [0, 0.05) is 6.04 Å². The topological polar surface area (TPSA) is 84.0 Å². The van der Waals surface area contributed by atoms with Crippen molar-refractivity contribution in [2.24, 2.45) is 0 Å². The van der Waals surface area contributed by atoms with Crippen molar-refractivity contribution in [3.63, 3.8) is 0 Å². The van der Waals surface area contributed by atoms with Gasteiger partial charge in [0.25, 0.3) is 23.6 Å². The van der Waals surface area contributed by atoms with Crippen LogP contribution in [0.25, 0.3) is 11.1 Å². The molecule has 0 saturated heterocycles. The predicted octanol–water partition coefficient (Wildman–Crippen LogP) is 9.67. The Hall–Kier alpha value is -5.04. The Balaban J connectivity index is 0.00000221. The van der Waals surface area contributed by atoms with E-state index in [0.29, 0.717) is 34.7 Å². The summed E-state index contributed by atoms with van der Waals surface area (Å²) in [6.45, 7) is 18.6. The molecular formula is C41H44N2O5. The molecule has 0 aromatic heterocycles. The van der Waals surface area contributed by atoms with Gasteiger partial charge in [0.2, 0.25) is 0 Å². The molecule has 4 aromatic rings. The van der Waals surface area contributed by atoms with Crippen LogP contribution in [-0.4, -0.2) is 34.6 Å². The van der Waals surface area contributed by atoms with Gasteiger partial charge in [-0.3, -0.25) is 24.1 Å². The molecule has 2 aliphatic heterocycles. The summed E-state index contributed by atoms with van der Waals surface area (Å²) in [7, 11) is 0. The highest BCUT2D eigenvalue weighted by Crippen LogP contribution is 2.37. The normalized spacial score (nSPS) is 14.5. The Bertz CT molecular complexity index is 1960. The molecule has 6 rings (SSSR count). The first-order valence-electron chi connectivity index (χ1n) is 16.8. The molecule has 0 fully saturated rings. The van der Waals surface area contributed by atoms with Crippen molar-refractivity contribution in [3.8, 4) is 22.6 Å². The largest absolute Gasteiger partial charge is 0.457 e. The van der Waals surface area contributed by atoms with Gasteiger partial charge in [-0.1, -0.05) is 65.8 Å². The van der Waals surface area contributed by atoms with Crippen molar-refractivity contribution in [1.82, 2.24) is 4.90 Å². The first-order valence-corrected chi connectivity index (χ1v) is 16.8. The molecule has 2 aliphatic rings. The first kappa shape index (κ1) is 34.3. The third-order valence-electron chi connectivity index (χ3n) is 9.66. The second-order valence-corrected chi connectivity index (χ2v) is 13.0. The number of carbonyl (C=O) groups excluding carboxylic acids is 4. The third-order valence-corrected chi connectivity index (χ3v) is 9.66. The van der Waals surface area contributed by atoms with Crippen molar-refractivity contribution in [2.45, 2.75) is 86.6 Å². The highest BCUT2D eigenvalue weighted by molar-refractivity contribution is 6.34. The SMILES string of the molecule is CC.CCC(C)N1C(=O)c2ccc(Oc3ccc4c(c3)C(=O)N(c3ccc(-c5ccc(C(C)(C)CC)cc5C)c(C)c3)C4=O)cc2C1=O. The lowest BCUT2D eigenvalue weighted by molar-refractivity contribution is 0.0592. The zero-order valence-electron chi connectivity index (χ0n) is 29.4. The molecule has 0 N–H and O–H groups in total. The van der Waals surface area contributed by atoms with Crippen LogP contribution in [0.5, 0.6) is 11.5 Å². The van der Waals surface area contributed by atoms with E-state index in [9.17, 15) is 19.2 Å². The second kappa shape index (κ2) is 13.2. The summed E-state index contributed by atoms with van der Waals surface area (Å²) in [5.41, 5.74) is 7.37. The Kier molecular flexibility index (Phi) is 9.45. The maximum absolute atomic E-state index is 13.6. The minimum absolute atomic E-state index is 0.0915. The van der Waals surface area contributed by atoms with Gasteiger partial charge in [0.05, 0.1) is 27.9 Å². The number of nitrogens with zero attached hydrogens (tertiary/aromatic N) is 2. The van der Waals surface area contributed by atoms with Gasteiger partial charge >= 0.3 is 0 Å². The fourth-order valence-corrected chi connectivity index (χ4v) is 6.22. The van der Waals surface area contributed by atoms with E-state index in [-0.39, 0.29) is 34.4 Å². The number of fused-ring (bicyclic) bond motifs is 2. The molecule has 1 unspecified atom stereocenters. The third kappa shape index (κ3) is 5.83. The van der Waals surface area contributed by atoms with Gasteiger partial charge in [-0.05, 0) is 115 Å². The molecule has 4 aromatic carbocycles. The summed E-state index contributed by atoms with van der Waals surface area (Å²) >= 11 is 0. The molecule has 7 heteroatoms. The molecule has 48 heavy (non-hydrogen) atoms.